The van der Waals surface area contributed by atoms with E-state index in [9.17, 15) is 0 Å². The van der Waals surface area contributed by atoms with Crippen LogP contribution >= 0.6 is 0 Å². The topological polar surface area (TPSA) is 8.17 Å². The zero-order valence-electron chi connectivity index (χ0n) is 33.2. The van der Waals surface area contributed by atoms with Gasteiger partial charge in [0.05, 0.1) is 11.0 Å². The quantitative estimate of drug-likeness (QED) is 0.157. The van der Waals surface area contributed by atoms with Crippen molar-refractivity contribution in [2.75, 3.05) is 4.90 Å². The van der Waals surface area contributed by atoms with Gasteiger partial charge in [-0.2, -0.15) is 0 Å². The predicted octanol–water partition coefficient (Wildman–Crippen LogP) is 15.6. The van der Waals surface area contributed by atoms with Gasteiger partial charge in [-0.1, -0.05) is 166 Å². The minimum atomic E-state index is -0.102. The molecule has 0 saturated heterocycles. The largest absolute Gasteiger partial charge is 0.310 e. The van der Waals surface area contributed by atoms with Crippen LogP contribution in [0.25, 0.3) is 72.0 Å². The van der Waals surface area contributed by atoms with E-state index in [4.69, 9.17) is 0 Å². The molecular weight excluding hydrogens is 713 g/mol. The first kappa shape index (κ1) is 34.8. The van der Waals surface area contributed by atoms with Gasteiger partial charge in [-0.25, -0.2) is 0 Å². The van der Waals surface area contributed by atoms with Crippen LogP contribution in [0.1, 0.15) is 25.0 Å². The summed E-state index contributed by atoms with van der Waals surface area (Å²) >= 11 is 0. The van der Waals surface area contributed by atoms with Crippen molar-refractivity contribution in [3.05, 3.63) is 230 Å². The summed E-state index contributed by atoms with van der Waals surface area (Å²) in [5.74, 6) is 0. The van der Waals surface area contributed by atoms with Crippen molar-refractivity contribution in [3.63, 3.8) is 0 Å². The Kier molecular flexibility index (Phi) is 8.20. The Labute approximate surface area is 345 Å². The van der Waals surface area contributed by atoms with E-state index in [0.29, 0.717) is 0 Å². The van der Waals surface area contributed by atoms with Crippen molar-refractivity contribution in [1.29, 1.82) is 0 Å². The normalized spacial score (nSPS) is 12.7. The lowest BCUT2D eigenvalue weighted by atomic mass is 9.82. The number of aromatic nitrogens is 1. The number of benzene rings is 9. The molecule has 10 aromatic rings. The van der Waals surface area contributed by atoms with Gasteiger partial charge in [0, 0.05) is 38.9 Å². The molecule has 1 aromatic heterocycles. The Hall–Kier alpha value is -7.42. The maximum absolute atomic E-state index is 2.41. The summed E-state index contributed by atoms with van der Waals surface area (Å²) in [4.78, 5) is 2.41. The first-order valence-corrected chi connectivity index (χ1v) is 20.5. The lowest BCUT2D eigenvalue weighted by Crippen LogP contribution is -2.16. The highest BCUT2D eigenvalue weighted by atomic mass is 15.1. The Bertz CT molecular complexity index is 3120. The fraction of sp³-hybridized carbons (Fsp3) is 0.0526. The zero-order valence-corrected chi connectivity index (χ0v) is 33.2. The van der Waals surface area contributed by atoms with Gasteiger partial charge in [-0.05, 0) is 122 Å². The van der Waals surface area contributed by atoms with Crippen LogP contribution < -0.4 is 4.90 Å². The van der Waals surface area contributed by atoms with Crippen LogP contribution in [0.2, 0.25) is 0 Å². The first-order chi connectivity index (χ1) is 29.0. The van der Waals surface area contributed by atoms with Gasteiger partial charge in [-0.3, -0.25) is 0 Å². The van der Waals surface area contributed by atoms with Crippen molar-refractivity contribution < 1.29 is 0 Å². The average molecular weight is 755 g/mol. The lowest BCUT2D eigenvalue weighted by molar-refractivity contribution is 0.660. The molecule has 2 nitrogen and oxygen atoms in total. The SMILES string of the molecule is CC1(C)c2ccccc2-c2ccc(N(c3ccc(-c4ccccc4)cc3)c3cccc(-c4cccc(-c5ccc(-n6c7ccccc7c7ccccc76)cc5)c4)c3)cc21. The van der Waals surface area contributed by atoms with Crippen LogP contribution in [0, 0.1) is 0 Å². The maximum Gasteiger partial charge on any atom is 0.0541 e. The number of fused-ring (bicyclic) bond motifs is 6. The van der Waals surface area contributed by atoms with Crippen molar-refractivity contribution >= 4 is 38.9 Å². The fourth-order valence-electron chi connectivity index (χ4n) is 9.42. The van der Waals surface area contributed by atoms with Crippen LogP contribution in [0.3, 0.4) is 0 Å². The van der Waals surface area contributed by atoms with Crippen LogP contribution in [0.15, 0.2) is 218 Å². The average Bonchev–Trinajstić information content (AvgIpc) is 3.75. The molecule has 0 unspecified atom stereocenters. The highest BCUT2D eigenvalue weighted by Crippen LogP contribution is 2.51. The Balaban J connectivity index is 0.969. The molecule has 11 rings (SSSR count). The highest BCUT2D eigenvalue weighted by molar-refractivity contribution is 6.09. The summed E-state index contributed by atoms with van der Waals surface area (Å²) in [5, 5.41) is 2.55. The number of anilines is 3. The van der Waals surface area contributed by atoms with Gasteiger partial charge in [0.1, 0.15) is 0 Å². The summed E-state index contributed by atoms with van der Waals surface area (Å²) in [6, 6.07) is 79.8. The number of para-hydroxylation sites is 2. The monoisotopic (exact) mass is 754 g/mol. The van der Waals surface area contributed by atoms with E-state index >= 15 is 0 Å². The molecule has 0 saturated carbocycles. The molecule has 1 aliphatic rings. The molecule has 1 heterocycles. The van der Waals surface area contributed by atoms with E-state index < -0.39 is 0 Å². The Morgan fingerprint density at radius 2 is 0.831 bits per heavy atom. The number of nitrogens with zero attached hydrogens (tertiary/aromatic N) is 2. The Morgan fingerprint density at radius 3 is 1.56 bits per heavy atom. The van der Waals surface area contributed by atoms with Crippen molar-refractivity contribution in [1.82, 2.24) is 4.57 Å². The molecule has 2 heteroatoms. The molecule has 0 spiro atoms. The summed E-state index contributed by atoms with van der Waals surface area (Å²) < 4.78 is 2.37. The van der Waals surface area contributed by atoms with Crippen molar-refractivity contribution in [3.8, 4) is 50.2 Å². The third kappa shape index (κ3) is 5.87. The van der Waals surface area contributed by atoms with E-state index in [-0.39, 0.29) is 5.41 Å². The van der Waals surface area contributed by atoms with Crippen LogP contribution in [0.4, 0.5) is 17.1 Å². The summed E-state index contributed by atoms with van der Waals surface area (Å²) in [6.07, 6.45) is 0. The van der Waals surface area contributed by atoms with Crippen LogP contribution in [-0.4, -0.2) is 4.57 Å². The molecule has 0 amide bonds. The fourth-order valence-corrected chi connectivity index (χ4v) is 9.42. The molecule has 0 fully saturated rings. The van der Waals surface area contributed by atoms with Gasteiger partial charge < -0.3 is 9.47 Å². The molecule has 0 bridgehead atoms. The van der Waals surface area contributed by atoms with Crippen molar-refractivity contribution in [2.24, 2.45) is 0 Å². The second-order valence-corrected chi connectivity index (χ2v) is 16.2. The van der Waals surface area contributed by atoms with E-state index in [1.54, 1.807) is 0 Å². The molecule has 0 N–H and O–H groups in total. The maximum atomic E-state index is 2.41. The number of hydrogen-bond acceptors (Lipinski definition) is 1. The van der Waals surface area contributed by atoms with E-state index in [2.05, 4.69) is 242 Å². The Morgan fingerprint density at radius 1 is 0.339 bits per heavy atom. The summed E-state index contributed by atoms with van der Waals surface area (Å²) in [7, 11) is 0. The summed E-state index contributed by atoms with van der Waals surface area (Å²) in [6.45, 7) is 4.71. The second-order valence-electron chi connectivity index (χ2n) is 16.2. The number of rotatable bonds is 7. The van der Waals surface area contributed by atoms with Crippen LogP contribution in [0.5, 0.6) is 0 Å². The first-order valence-electron chi connectivity index (χ1n) is 20.5. The predicted molar refractivity (Wildman–Crippen MR) is 249 cm³/mol. The van der Waals surface area contributed by atoms with Crippen molar-refractivity contribution in [2.45, 2.75) is 19.3 Å². The van der Waals surface area contributed by atoms with Gasteiger partial charge in [-0.15, -0.1) is 0 Å². The standard InChI is InChI=1S/C57H42N2/c1-57(2)53-23-9-6-20-49(53)50-35-34-48(38-54(50)57)58(45-30-26-40(27-31-45)39-14-4-3-5-15-39)47-19-13-18-44(37-47)43-17-12-16-42(36-43)41-28-32-46(33-29-41)59-55-24-10-7-21-51(55)52-22-8-11-25-56(52)59/h3-38H,1-2H3. The lowest BCUT2D eigenvalue weighted by Gasteiger charge is -2.28. The smallest absolute Gasteiger partial charge is 0.0541 e. The zero-order chi connectivity index (χ0) is 39.5. The summed E-state index contributed by atoms with van der Waals surface area (Å²) in [5.41, 5.74) is 19.4. The molecule has 0 atom stereocenters. The highest BCUT2D eigenvalue weighted by Gasteiger charge is 2.35. The number of hydrogen-bond donors (Lipinski definition) is 0. The van der Waals surface area contributed by atoms with Crippen LogP contribution in [-0.2, 0) is 5.41 Å². The van der Waals surface area contributed by atoms with E-state index in [1.165, 1.54) is 77.4 Å². The second kappa shape index (κ2) is 13.9. The molecule has 0 aliphatic heterocycles. The molecule has 280 valence electrons. The minimum absolute atomic E-state index is 0.102. The van der Waals surface area contributed by atoms with Gasteiger partial charge in [0.2, 0.25) is 0 Å². The molecule has 1 aliphatic carbocycles. The molecule has 59 heavy (non-hydrogen) atoms. The molecule has 9 aromatic carbocycles. The minimum Gasteiger partial charge on any atom is -0.310 e. The third-order valence-corrected chi connectivity index (χ3v) is 12.4. The van der Waals surface area contributed by atoms with Gasteiger partial charge in [0.25, 0.3) is 0 Å². The van der Waals surface area contributed by atoms with Gasteiger partial charge in [0.15, 0.2) is 0 Å². The molecule has 0 radical (unpaired) electrons. The van der Waals surface area contributed by atoms with Gasteiger partial charge >= 0.3 is 0 Å². The molecular formula is C57H42N2. The van der Waals surface area contributed by atoms with E-state index in [1.807, 2.05) is 0 Å². The van der Waals surface area contributed by atoms with E-state index in [0.717, 1.165) is 22.7 Å². The third-order valence-electron chi connectivity index (χ3n) is 12.4.